The molecule has 1 aliphatic heterocycles. The summed E-state index contributed by atoms with van der Waals surface area (Å²) in [6.45, 7) is 1.03. The van der Waals surface area contributed by atoms with Gasteiger partial charge in [-0.1, -0.05) is 0 Å². The van der Waals surface area contributed by atoms with Gasteiger partial charge in [-0.2, -0.15) is 5.48 Å². The predicted molar refractivity (Wildman–Crippen MR) is 26.9 cm³/mol. The molecule has 1 aliphatic rings. The Balaban J connectivity index is 2.00. The maximum Gasteiger partial charge on any atom is 0.0402 e. The van der Waals surface area contributed by atoms with Crippen molar-refractivity contribution in [1.29, 1.82) is 0 Å². The van der Waals surface area contributed by atoms with Gasteiger partial charge >= 0.3 is 0 Å². The Bertz CT molecular complexity index is 26.3. The molecule has 0 aromatic carbocycles. The van der Waals surface area contributed by atoms with Crippen molar-refractivity contribution in [3.05, 3.63) is 0 Å². The van der Waals surface area contributed by atoms with Gasteiger partial charge in [-0.15, -0.1) is 0 Å². The smallest absolute Gasteiger partial charge is 0.0402 e. The Morgan fingerprint density at radius 1 is 1.67 bits per heavy atom. The van der Waals surface area contributed by atoms with Gasteiger partial charge in [0, 0.05) is 15.4 Å². The maximum atomic E-state index is 4.85. The lowest BCUT2D eigenvalue weighted by molar-refractivity contribution is 0.216. The normalized spacial score (nSPS) is 28.0. The molecule has 1 saturated heterocycles. The lowest BCUT2D eigenvalue weighted by Gasteiger charge is -2.09. The van der Waals surface area contributed by atoms with Gasteiger partial charge in [0.2, 0.25) is 0 Å². The summed E-state index contributed by atoms with van der Waals surface area (Å²) in [5.41, 5.74) is 2.80. The SMILES string of the molecule is C1CNOPC1. The number of hydrogen-bond acceptors (Lipinski definition) is 2. The van der Waals surface area contributed by atoms with Crippen molar-refractivity contribution in [1.82, 2.24) is 5.48 Å². The molecule has 0 aliphatic carbocycles. The Kier molecular flexibility index (Phi) is 1.89. The monoisotopic (exact) mass is 105 g/mol. The van der Waals surface area contributed by atoms with Crippen molar-refractivity contribution >= 4 is 8.81 Å². The van der Waals surface area contributed by atoms with Crippen LogP contribution in [0.5, 0.6) is 0 Å². The van der Waals surface area contributed by atoms with E-state index in [1.165, 1.54) is 12.6 Å². The standard InChI is InChI=1S/C3H8NOP/c1-2-4-5-6-3-1/h4,6H,1-3H2. The van der Waals surface area contributed by atoms with Crippen LogP contribution in [0.25, 0.3) is 0 Å². The highest BCUT2D eigenvalue weighted by molar-refractivity contribution is 7.32. The highest BCUT2D eigenvalue weighted by Crippen LogP contribution is 2.13. The molecule has 1 fully saturated rings. The summed E-state index contributed by atoms with van der Waals surface area (Å²) in [7, 11) is 0.691. The van der Waals surface area contributed by atoms with Crippen molar-refractivity contribution in [2.45, 2.75) is 6.42 Å². The minimum absolute atomic E-state index is 0.691. The van der Waals surface area contributed by atoms with E-state index in [1.807, 2.05) is 0 Å². The summed E-state index contributed by atoms with van der Waals surface area (Å²) >= 11 is 0. The topological polar surface area (TPSA) is 21.3 Å². The molecular formula is C3H8NOP. The third-order valence-corrected chi connectivity index (χ3v) is 1.55. The second-order valence-corrected chi connectivity index (χ2v) is 2.24. The van der Waals surface area contributed by atoms with Gasteiger partial charge in [0.05, 0.1) is 0 Å². The first-order valence-electron chi connectivity index (χ1n) is 2.12. The second kappa shape index (κ2) is 2.51. The van der Waals surface area contributed by atoms with Crippen LogP contribution in [0.3, 0.4) is 0 Å². The fourth-order valence-electron chi connectivity index (χ4n) is 0.386. The molecule has 1 N–H and O–H groups in total. The molecule has 1 heterocycles. The summed E-state index contributed by atoms with van der Waals surface area (Å²) < 4.78 is 4.85. The van der Waals surface area contributed by atoms with Crippen LogP contribution in [-0.4, -0.2) is 12.7 Å². The van der Waals surface area contributed by atoms with Crippen molar-refractivity contribution in [2.75, 3.05) is 12.7 Å². The van der Waals surface area contributed by atoms with Crippen LogP contribution < -0.4 is 5.48 Å². The van der Waals surface area contributed by atoms with E-state index in [0.29, 0.717) is 8.81 Å². The zero-order valence-electron chi connectivity index (χ0n) is 3.53. The fraction of sp³-hybridized carbons (Fsp3) is 1.00. The molecule has 0 aromatic rings. The highest BCUT2D eigenvalue weighted by atomic mass is 31.1. The van der Waals surface area contributed by atoms with E-state index >= 15 is 0 Å². The van der Waals surface area contributed by atoms with E-state index in [4.69, 9.17) is 4.62 Å². The Hall–Kier alpha value is 0.350. The van der Waals surface area contributed by atoms with E-state index in [1.54, 1.807) is 0 Å². The predicted octanol–water partition coefficient (Wildman–Crippen LogP) is 0.505. The zero-order valence-corrected chi connectivity index (χ0v) is 4.53. The molecule has 6 heavy (non-hydrogen) atoms. The summed E-state index contributed by atoms with van der Waals surface area (Å²) in [6, 6.07) is 0. The maximum absolute atomic E-state index is 4.85. The third kappa shape index (κ3) is 1.21. The first-order chi connectivity index (χ1) is 3.00. The quantitative estimate of drug-likeness (QED) is 0.453. The van der Waals surface area contributed by atoms with Gasteiger partial charge in [-0.3, -0.25) is 4.62 Å². The summed E-state index contributed by atoms with van der Waals surface area (Å²) in [5.74, 6) is 0. The van der Waals surface area contributed by atoms with Crippen LogP contribution >= 0.6 is 8.81 Å². The van der Waals surface area contributed by atoms with Gasteiger partial charge in [0.15, 0.2) is 0 Å². The number of nitrogens with one attached hydrogen (secondary N) is 1. The van der Waals surface area contributed by atoms with E-state index < -0.39 is 0 Å². The Labute approximate surface area is 39.1 Å². The molecule has 0 radical (unpaired) electrons. The molecular weight excluding hydrogens is 97.0 g/mol. The van der Waals surface area contributed by atoms with Crippen molar-refractivity contribution < 1.29 is 4.62 Å². The van der Waals surface area contributed by atoms with E-state index in [2.05, 4.69) is 5.48 Å². The van der Waals surface area contributed by atoms with Crippen LogP contribution in [0.15, 0.2) is 0 Å². The number of rotatable bonds is 0. The van der Waals surface area contributed by atoms with E-state index in [-0.39, 0.29) is 0 Å². The van der Waals surface area contributed by atoms with Crippen LogP contribution in [-0.2, 0) is 4.62 Å². The van der Waals surface area contributed by atoms with Crippen LogP contribution in [0.2, 0.25) is 0 Å². The second-order valence-electron chi connectivity index (χ2n) is 1.24. The number of hydroxylamine groups is 1. The molecule has 1 unspecified atom stereocenters. The molecule has 0 amide bonds. The summed E-state index contributed by atoms with van der Waals surface area (Å²) in [5, 5.41) is 0. The molecule has 2 nitrogen and oxygen atoms in total. The van der Waals surface area contributed by atoms with Gasteiger partial charge in [-0.25, -0.2) is 0 Å². The van der Waals surface area contributed by atoms with Gasteiger partial charge in [0.25, 0.3) is 0 Å². The lowest BCUT2D eigenvalue weighted by atomic mass is 10.5. The van der Waals surface area contributed by atoms with Crippen LogP contribution in [0.1, 0.15) is 6.42 Å². The lowest BCUT2D eigenvalue weighted by Crippen LogP contribution is -2.16. The van der Waals surface area contributed by atoms with E-state index in [0.717, 1.165) is 6.54 Å². The molecule has 1 rings (SSSR count). The minimum Gasteiger partial charge on any atom is -0.283 e. The van der Waals surface area contributed by atoms with Gasteiger partial charge in [0.1, 0.15) is 0 Å². The zero-order chi connectivity index (χ0) is 4.24. The number of hydrogen-bond donors (Lipinski definition) is 1. The average Bonchev–Trinajstić information content (AvgIpc) is 1.72. The van der Waals surface area contributed by atoms with Crippen LogP contribution in [0.4, 0.5) is 0 Å². The van der Waals surface area contributed by atoms with Crippen LogP contribution in [0, 0.1) is 0 Å². The first kappa shape index (κ1) is 4.51. The first-order valence-corrected chi connectivity index (χ1v) is 3.23. The molecule has 0 aromatic heterocycles. The molecule has 0 saturated carbocycles. The van der Waals surface area contributed by atoms with E-state index in [9.17, 15) is 0 Å². The van der Waals surface area contributed by atoms with Gasteiger partial charge < -0.3 is 0 Å². The molecule has 36 valence electrons. The molecule has 0 bridgehead atoms. The largest absolute Gasteiger partial charge is 0.283 e. The van der Waals surface area contributed by atoms with Gasteiger partial charge in [-0.05, 0) is 12.6 Å². The third-order valence-electron chi connectivity index (χ3n) is 0.702. The summed E-state index contributed by atoms with van der Waals surface area (Å²) in [4.78, 5) is 0. The molecule has 0 spiro atoms. The van der Waals surface area contributed by atoms with Crippen molar-refractivity contribution in [2.24, 2.45) is 0 Å². The summed E-state index contributed by atoms with van der Waals surface area (Å²) in [6.07, 6.45) is 2.52. The molecule has 3 heteroatoms. The van der Waals surface area contributed by atoms with Crippen molar-refractivity contribution in [3.8, 4) is 0 Å². The Morgan fingerprint density at radius 2 is 2.67 bits per heavy atom. The highest BCUT2D eigenvalue weighted by Gasteiger charge is 1.94. The molecule has 1 atom stereocenters. The minimum atomic E-state index is 0.691. The van der Waals surface area contributed by atoms with Crippen molar-refractivity contribution in [3.63, 3.8) is 0 Å². The average molecular weight is 105 g/mol. The fourth-order valence-corrected chi connectivity index (χ4v) is 1.01. The Morgan fingerprint density at radius 3 is 2.83 bits per heavy atom.